The van der Waals surface area contributed by atoms with E-state index in [1.807, 2.05) is 20.8 Å². The highest BCUT2D eigenvalue weighted by atomic mass is 16.6. The van der Waals surface area contributed by atoms with Crippen molar-refractivity contribution in [2.24, 2.45) is 16.6 Å². The number of hydrogen-bond acceptors (Lipinski definition) is 3. The molecule has 1 aliphatic heterocycles. The lowest BCUT2D eigenvalue weighted by Crippen LogP contribution is -2.44. The monoisotopic (exact) mass is 270 g/mol. The van der Waals surface area contributed by atoms with E-state index in [1.54, 1.807) is 11.9 Å². The van der Waals surface area contributed by atoms with Crippen LogP contribution in [0.4, 0.5) is 4.79 Å². The van der Waals surface area contributed by atoms with Crippen LogP contribution in [0.2, 0.25) is 0 Å². The second-order valence-corrected chi connectivity index (χ2v) is 5.90. The lowest BCUT2D eigenvalue weighted by molar-refractivity contribution is 0.0185. The Bertz CT molecular complexity index is 328. The molecule has 0 aromatic rings. The number of piperidine rings is 1. The smallest absolute Gasteiger partial charge is 0.410 e. The van der Waals surface area contributed by atoms with E-state index in [0.717, 1.165) is 32.5 Å². The van der Waals surface area contributed by atoms with Crippen molar-refractivity contribution in [2.45, 2.75) is 39.2 Å². The van der Waals surface area contributed by atoms with Crippen molar-refractivity contribution in [3.8, 4) is 0 Å². The largest absolute Gasteiger partial charge is 0.444 e. The zero-order valence-electron chi connectivity index (χ0n) is 12.4. The molecular formula is C13H26N4O2. The van der Waals surface area contributed by atoms with Gasteiger partial charge < -0.3 is 20.7 Å². The van der Waals surface area contributed by atoms with Crippen molar-refractivity contribution >= 4 is 12.1 Å². The van der Waals surface area contributed by atoms with Crippen molar-refractivity contribution in [3.05, 3.63) is 0 Å². The van der Waals surface area contributed by atoms with Gasteiger partial charge in [-0.05, 0) is 39.5 Å². The van der Waals surface area contributed by atoms with Gasteiger partial charge in [0.15, 0.2) is 5.96 Å². The van der Waals surface area contributed by atoms with Crippen molar-refractivity contribution in [1.82, 2.24) is 10.2 Å². The van der Waals surface area contributed by atoms with Crippen molar-refractivity contribution in [3.63, 3.8) is 0 Å². The van der Waals surface area contributed by atoms with Gasteiger partial charge in [0.05, 0.1) is 0 Å². The summed E-state index contributed by atoms with van der Waals surface area (Å²) in [4.78, 5) is 17.5. The van der Waals surface area contributed by atoms with Crippen LogP contribution in [-0.4, -0.2) is 49.2 Å². The van der Waals surface area contributed by atoms with Crippen LogP contribution in [-0.2, 0) is 4.74 Å². The van der Waals surface area contributed by atoms with E-state index in [4.69, 9.17) is 10.5 Å². The molecule has 0 spiro atoms. The summed E-state index contributed by atoms with van der Waals surface area (Å²) in [5, 5.41) is 3.08. The Labute approximate surface area is 115 Å². The van der Waals surface area contributed by atoms with E-state index >= 15 is 0 Å². The van der Waals surface area contributed by atoms with Crippen LogP contribution in [0.25, 0.3) is 0 Å². The quantitative estimate of drug-likeness (QED) is 0.583. The predicted molar refractivity (Wildman–Crippen MR) is 76.1 cm³/mol. The van der Waals surface area contributed by atoms with E-state index in [1.165, 1.54) is 0 Å². The Morgan fingerprint density at radius 3 is 2.47 bits per heavy atom. The molecule has 3 N–H and O–H groups in total. The first-order valence-electron chi connectivity index (χ1n) is 6.76. The number of amides is 1. The molecule has 1 saturated heterocycles. The number of nitrogens with zero attached hydrogens (tertiary/aromatic N) is 2. The highest BCUT2D eigenvalue weighted by molar-refractivity contribution is 5.77. The fourth-order valence-electron chi connectivity index (χ4n) is 1.97. The summed E-state index contributed by atoms with van der Waals surface area (Å²) in [5.41, 5.74) is 5.16. The average molecular weight is 270 g/mol. The van der Waals surface area contributed by atoms with Gasteiger partial charge in [-0.3, -0.25) is 4.99 Å². The molecule has 1 fully saturated rings. The second-order valence-electron chi connectivity index (χ2n) is 5.90. The topological polar surface area (TPSA) is 80.0 Å². The van der Waals surface area contributed by atoms with Gasteiger partial charge >= 0.3 is 6.09 Å². The second kappa shape index (κ2) is 6.63. The molecule has 0 bridgehead atoms. The highest BCUT2D eigenvalue weighted by Gasteiger charge is 2.26. The third-order valence-corrected chi connectivity index (χ3v) is 3.08. The minimum atomic E-state index is -0.429. The molecule has 6 nitrogen and oxygen atoms in total. The molecule has 0 radical (unpaired) electrons. The van der Waals surface area contributed by atoms with Crippen LogP contribution < -0.4 is 11.1 Å². The lowest BCUT2D eigenvalue weighted by atomic mass is 9.97. The highest BCUT2D eigenvalue weighted by Crippen LogP contribution is 2.19. The third kappa shape index (κ3) is 5.81. The summed E-state index contributed by atoms with van der Waals surface area (Å²) >= 11 is 0. The number of carbonyl (C=O) groups excluding carboxylic acids is 1. The van der Waals surface area contributed by atoms with Crippen molar-refractivity contribution < 1.29 is 9.53 Å². The molecule has 1 heterocycles. The van der Waals surface area contributed by atoms with Crippen LogP contribution in [0, 0.1) is 5.92 Å². The maximum atomic E-state index is 11.9. The van der Waals surface area contributed by atoms with Gasteiger partial charge in [0.1, 0.15) is 5.60 Å². The maximum absolute atomic E-state index is 11.9. The van der Waals surface area contributed by atoms with E-state index in [2.05, 4.69) is 10.3 Å². The summed E-state index contributed by atoms with van der Waals surface area (Å²) < 4.78 is 5.36. The number of nitrogens with two attached hydrogens (primary N) is 1. The fourth-order valence-corrected chi connectivity index (χ4v) is 1.97. The first-order valence-corrected chi connectivity index (χ1v) is 6.76. The molecule has 1 amide bonds. The minimum Gasteiger partial charge on any atom is -0.444 e. The molecule has 0 aliphatic carbocycles. The lowest BCUT2D eigenvalue weighted by Gasteiger charge is -2.33. The van der Waals surface area contributed by atoms with Crippen molar-refractivity contribution in [2.75, 3.05) is 26.7 Å². The number of hydrogen-bond donors (Lipinski definition) is 2. The van der Waals surface area contributed by atoms with Crippen LogP contribution in [0.15, 0.2) is 4.99 Å². The maximum Gasteiger partial charge on any atom is 0.410 e. The first-order chi connectivity index (χ1) is 8.81. The Morgan fingerprint density at radius 2 is 2.00 bits per heavy atom. The van der Waals surface area contributed by atoms with Crippen LogP contribution >= 0.6 is 0 Å². The van der Waals surface area contributed by atoms with Gasteiger partial charge in [0.25, 0.3) is 0 Å². The Balaban J connectivity index is 2.31. The van der Waals surface area contributed by atoms with Crippen LogP contribution in [0.5, 0.6) is 0 Å². The fraction of sp³-hybridized carbons (Fsp3) is 0.846. The summed E-state index contributed by atoms with van der Waals surface area (Å²) in [5.74, 6) is 0.994. The van der Waals surface area contributed by atoms with E-state index in [9.17, 15) is 4.79 Å². The SMILES string of the molecule is CN=C(N)NCC1CCN(C(=O)OC(C)(C)C)CC1. The molecule has 1 aliphatic rings. The molecule has 6 heteroatoms. The normalized spacial score (nSPS) is 18.3. The molecule has 0 saturated carbocycles. The molecule has 1 rings (SSSR count). The van der Waals surface area contributed by atoms with Gasteiger partial charge in [-0.25, -0.2) is 4.79 Å². The van der Waals surface area contributed by atoms with Gasteiger partial charge in [-0.2, -0.15) is 0 Å². The number of ether oxygens (including phenoxy) is 1. The number of nitrogens with one attached hydrogen (secondary N) is 1. The molecule has 0 aromatic heterocycles. The van der Waals surface area contributed by atoms with Gasteiger partial charge in [-0.15, -0.1) is 0 Å². The zero-order valence-corrected chi connectivity index (χ0v) is 12.4. The van der Waals surface area contributed by atoms with E-state index in [-0.39, 0.29) is 6.09 Å². The van der Waals surface area contributed by atoms with Gasteiger partial charge in [-0.1, -0.05) is 0 Å². The first kappa shape index (κ1) is 15.6. The molecular weight excluding hydrogens is 244 g/mol. The standard InChI is InChI=1S/C13H26N4O2/c1-13(2,3)19-12(18)17-7-5-10(6-8-17)9-16-11(14)15-4/h10H,5-9H2,1-4H3,(H3,14,15,16). The molecule has 0 atom stereocenters. The average Bonchev–Trinajstić information content (AvgIpc) is 2.34. The molecule has 110 valence electrons. The number of aliphatic imine (C=N–C) groups is 1. The molecule has 19 heavy (non-hydrogen) atoms. The Kier molecular flexibility index (Phi) is 5.44. The number of rotatable bonds is 2. The number of likely N-dealkylation sites (tertiary alicyclic amines) is 1. The summed E-state index contributed by atoms with van der Waals surface area (Å²) in [6.07, 6.45) is 1.71. The minimum absolute atomic E-state index is 0.214. The number of carbonyl (C=O) groups is 1. The van der Waals surface area contributed by atoms with Crippen LogP contribution in [0.1, 0.15) is 33.6 Å². The Hall–Kier alpha value is -1.46. The van der Waals surface area contributed by atoms with Crippen LogP contribution in [0.3, 0.4) is 0 Å². The van der Waals surface area contributed by atoms with Gasteiger partial charge in [0.2, 0.25) is 0 Å². The number of guanidine groups is 1. The predicted octanol–water partition coefficient (Wildman–Crippen LogP) is 1.17. The summed E-state index contributed by atoms with van der Waals surface area (Å²) in [6.45, 7) is 7.94. The third-order valence-electron chi connectivity index (χ3n) is 3.08. The zero-order chi connectivity index (χ0) is 14.5. The molecule has 0 aromatic carbocycles. The summed E-state index contributed by atoms with van der Waals surface area (Å²) in [6, 6.07) is 0. The van der Waals surface area contributed by atoms with Gasteiger partial charge in [0, 0.05) is 26.7 Å². The summed E-state index contributed by atoms with van der Waals surface area (Å²) in [7, 11) is 1.66. The van der Waals surface area contributed by atoms with Crippen molar-refractivity contribution in [1.29, 1.82) is 0 Å². The van der Waals surface area contributed by atoms with E-state index in [0.29, 0.717) is 11.9 Å². The Morgan fingerprint density at radius 1 is 1.42 bits per heavy atom. The van der Waals surface area contributed by atoms with E-state index < -0.39 is 5.60 Å². The molecule has 0 unspecified atom stereocenters.